The molecule has 1 aliphatic heterocycles. The molecule has 17 heavy (non-hydrogen) atoms. The number of benzene rings is 1. The van der Waals surface area contributed by atoms with Crippen LogP contribution >= 0.6 is 0 Å². The van der Waals surface area contributed by atoms with Gasteiger partial charge >= 0.3 is 0 Å². The number of aliphatic hydroxyl groups is 1. The molecule has 3 nitrogen and oxygen atoms in total. The fourth-order valence-corrected chi connectivity index (χ4v) is 2.30. The Kier molecular flexibility index (Phi) is 3.69. The van der Waals surface area contributed by atoms with E-state index in [4.69, 9.17) is 4.74 Å². The van der Waals surface area contributed by atoms with Gasteiger partial charge in [-0.3, -0.25) is 0 Å². The van der Waals surface area contributed by atoms with E-state index in [-0.39, 0.29) is 12.1 Å². The van der Waals surface area contributed by atoms with Crippen LogP contribution in [-0.4, -0.2) is 30.5 Å². The first-order chi connectivity index (χ1) is 8.16. The Morgan fingerprint density at radius 1 is 1.41 bits per heavy atom. The third kappa shape index (κ3) is 2.61. The number of aliphatic hydroxyl groups excluding tert-OH is 1. The van der Waals surface area contributed by atoms with Gasteiger partial charge in [0, 0.05) is 18.2 Å². The van der Waals surface area contributed by atoms with Crippen molar-refractivity contribution in [1.29, 1.82) is 0 Å². The summed E-state index contributed by atoms with van der Waals surface area (Å²) in [6, 6.07) is 8.29. The van der Waals surface area contributed by atoms with E-state index in [0.717, 1.165) is 12.1 Å². The predicted molar refractivity (Wildman–Crippen MR) is 69.2 cm³/mol. The average molecular weight is 235 g/mol. The van der Waals surface area contributed by atoms with Crippen LogP contribution in [0.25, 0.3) is 0 Å². The van der Waals surface area contributed by atoms with E-state index in [1.165, 1.54) is 5.56 Å². The lowest BCUT2D eigenvalue weighted by atomic mass is 9.81. The quantitative estimate of drug-likeness (QED) is 0.844. The van der Waals surface area contributed by atoms with Gasteiger partial charge in [0.15, 0.2) is 0 Å². The Labute approximate surface area is 103 Å². The van der Waals surface area contributed by atoms with Crippen molar-refractivity contribution in [2.45, 2.75) is 25.8 Å². The van der Waals surface area contributed by atoms with Crippen LogP contribution in [0.2, 0.25) is 0 Å². The first-order valence-electron chi connectivity index (χ1n) is 6.20. The molecule has 1 aromatic carbocycles. The van der Waals surface area contributed by atoms with E-state index >= 15 is 0 Å². The Balaban J connectivity index is 2.15. The molecule has 0 aliphatic carbocycles. The number of ether oxygens (including phenoxy) is 1. The normalized spacial score (nSPS) is 29.0. The topological polar surface area (TPSA) is 41.5 Å². The minimum atomic E-state index is -0.243. The first kappa shape index (κ1) is 12.4. The van der Waals surface area contributed by atoms with Crippen LogP contribution in [0.1, 0.15) is 18.9 Å². The summed E-state index contributed by atoms with van der Waals surface area (Å²) in [6.45, 7) is 5.76. The van der Waals surface area contributed by atoms with Gasteiger partial charge in [-0.2, -0.15) is 0 Å². The lowest BCUT2D eigenvalue weighted by Crippen LogP contribution is -2.53. The lowest BCUT2D eigenvalue weighted by Gasteiger charge is -2.42. The monoisotopic (exact) mass is 235 g/mol. The first-order valence-corrected chi connectivity index (χ1v) is 6.20. The summed E-state index contributed by atoms with van der Waals surface area (Å²) in [5, 5.41) is 13.2. The van der Waals surface area contributed by atoms with Crippen LogP contribution in [0.5, 0.6) is 0 Å². The summed E-state index contributed by atoms with van der Waals surface area (Å²) in [6.07, 6.45) is 0.846. The number of hydrogen-bond donors (Lipinski definition) is 2. The molecule has 1 aliphatic rings. The van der Waals surface area contributed by atoms with Crippen LogP contribution in [-0.2, 0) is 4.74 Å². The van der Waals surface area contributed by atoms with Gasteiger partial charge in [0.05, 0.1) is 18.8 Å². The summed E-state index contributed by atoms with van der Waals surface area (Å²) < 4.78 is 5.44. The Morgan fingerprint density at radius 2 is 2.12 bits per heavy atom. The maximum Gasteiger partial charge on any atom is 0.0673 e. The van der Waals surface area contributed by atoms with Crippen LogP contribution in [0.4, 0.5) is 5.69 Å². The molecule has 2 rings (SSSR count). The molecule has 94 valence electrons. The van der Waals surface area contributed by atoms with Crippen molar-refractivity contribution in [3.63, 3.8) is 0 Å². The molecule has 1 saturated heterocycles. The molecule has 0 bridgehead atoms. The summed E-state index contributed by atoms with van der Waals surface area (Å²) in [4.78, 5) is 0. The average Bonchev–Trinajstić information content (AvgIpc) is 2.35. The van der Waals surface area contributed by atoms with Gasteiger partial charge in [-0.15, -0.1) is 0 Å². The molecule has 1 aromatic rings. The highest BCUT2D eigenvalue weighted by atomic mass is 16.5. The van der Waals surface area contributed by atoms with E-state index in [2.05, 4.69) is 43.4 Å². The fourth-order valence-electron chi connectivity index (χ4n) is 2.30. The van der Waals surface area contributed by atoms with Crippen molar-refractivity contribution >= 4 is 5.69 Å². The number of hydrogen-bond acceptors (Lipinski definition) is 3. The molecular weight excluding hydrogens is 214 g/mol. The molecule has 0 amide bonds. The number of aryl methyl sites for hydroxylation is 1. The van der Waals surface area contributed by atoms with Gasteiger partial charge in [0.1, 0.15) is 0 Å². The second kappa shape index (κ2) is 5.07. The van der Waals surface area contributed by atoms with Gasteiger partial charge in [-0.05, 0) is 25.5 Å². The van der Waals surface area contributed by atoms with Crippen LogP contribution in [0.15, 0.2) is 24.3 Å². The van der Waals surface area contributed by atoms with Gasteiger partial charge in [-0.1, -0.05) is 24.6 Å². The van der Waals surface area contributed by atoms with Crippen molar-refractivity contribution < 1.29 is 9.84 Å². The Hall–Kier alpha value is -1.06. The van der Waals surface area contributed by atoms with Crippen LogP contribution in [0.3, 0.4) is 0 Å². The van der Waals surface area contributed by atoms with E-state index < -0.39 is 0 Å². The standard InChI is InChI=1S/C14H21NO2/c1-11-3-5-13(6-4-11)15-14(10-16)7-8-17-9-12(14)2/h3-6,12,15-16H,7-10H2,1-2H3. The molecule has 2 atom stereocenters. The number of rotatable bonds is 3. The molecule has 0 saturated carbocycles. The molecule has 3 heteroatoms. The van der Waals surface area contributed by atoms with Crippen molar-refractivity contribution in [3.05, 3.63) is 29.8 Å². The second-order valence-electron chi connectivity index (χ2n) is 5.03. The molecule has 2 N–H and O–H groups in total. The maximum atomic E-state index is 9.71. The number of nitrogens with one attached hydrogen (secondary N) is 1. The summed E-state index contributed by atoms with van der Waals surface area (Å²) in [5.41, 5.74) is 2.07. The number of anilines is 1. The predicted octanol–water partition coefficient (Wildman–Crippen LogP) is 2.19. The zero-order valence-corrected chi connectivity index (χ0v) is 10.6. The van der Waals surface area contributed by atoms with E-state index in [0.29, 0.717) is 19.1 Å². The molecule has 0 spiro atoms. The van der Waals surface area contributed by atoms with Crippen molar-refractivity contribution in [1.82, 2.24) is 0 Å². The van der Waals surface area contributed by atoms with Gasteiger partial charge < -0.3 is 15.2 Å². The van der Waals surface area contributed by atoms with E-state index in [9.17, 15) is 5.11 Å². The molecule has 1 heterocycles. The van der Waals surface area contributed by atoms with Crippen molar-refractivity contribution in [2.24, 2.45) is 5.92 Å². The summed E-state index contributed by atoms with van der Waals surface area (Å²) >= 11 is 0. The molecule has 0 aromatic heterocycles. The third-order valence-corrected chi connectivity index (χ3v) is 3.73. The van der Waals surface area contributed by atoms with Gasteiger partial charge in [0.2, 0.25) is 0 Å². The highest BCUT2D eigenvalue weighted by Crippen LogP contribution is 2.30. The summed E-state index contributed by atoms with van der Waals surface area (Å²) in [7, 11) is 0. The molecular formula is C14H21NO2. The molecule has 1 fully saturated rings. The Morgan fingerprint density at radius 3 is 2.71 bits per heavy atom. The van der Waals surface area contributed by atoms with Crippen molar-refractivity contribution in [3.8, 4) is 0 Å². The van der Waals surface area contributed by atoms with Gasteiger partial charge in [0.25, 0.3) is 0 Å². The van der Waals surface area contributed by atoms with Crippen LogP contribution in [0, 0.1) is 12.8 Å². The lowest BCUT2D eigenvalue weighted by molar-refractivity contribution is -0.00358. The zero-order chi connectivity index (χ0) is 12.3. The maximum absolute atomic E-state index is 9.71. The minimum Gasteiger partial charge on any atom is -0.394 e. The van der Waals surface area contributed by atoms with Gasteiger partial charge in [-0.25, -0.2) is 0 Å². The largest absolute Gasteiger partial charge is 0.394 e. The zero-order valence-electron chi connectivity index (χ0n) is 10.6. The Bertz CT molecular complexity index is 363. The highest BCUT2D eigenvalue weighted by molar-refractivity contribution is 5.47. The fraction of sp³-hybridized carbons (Fsp3) is 0.571. The second-order valence-corrected chi connectivity index (χ2v) is 5.03. The van der Waals surface area contributed by atoms with Crippen LogP contribution < -0.4 is 5.32 Å². The van der Waals surface area contributed by atoms with E-state index in [1.807, 2.05) is 0 Å². The van der Waals surface area contributed by atoms with E-state index in [1.54, 1.807) is 0 Å². The smallest absolute Gasteiger partial charge is 0.0673 e. The molecule has 2 unspecified atom stereocenters. The minimum absolute atomic E-state index is 0.144. The van der Waals surface area contributed by atoms with Crippen molar-refractivity contribution in [2.75, 3.05) is 25.1 Å². The summed E-state index contributed by atoms with van der Waals surface area (Å²) in [5.74, 6) is 0.308. The third-order valence-electron chi connectivity index (χ3n) is 3.73. The highest BCUT2D eigenvalue weighted by Gasteiger charge is 2.38. The molecule has 0 radical (unpaired) electrons. The SMILES string of the molecule is Cc1ccc(NC2(CO)CCOCC2C)cc1.